The molecule has 4 rings (SSSR count). The first kappa shape index (κ1) is 36.3. The van der Waals surface area contributed by atoms with Gasteiger partial charge in [0.15, 0.2) is 5.78 Å². The second-order valence-electron chi connectivity index (χ2n) is 11.5. The maximum absolute atomic E-state index is 14.3. The van der Waals surface area contributed by atoms with Gasteiger partial charge in [0.2, 0.25) is 0 Å². The van der Waals surface area contributed by atoms with Crippen LogP contribution in [0.25, 0.3) is 28.3 Å². The molecular formula is C38H39FN2O8. The van der Waals surface area contributed by atoms with Crippen molar-refractivity contribution in [2.75, 3.05) is 21.3 Å². The molecule has 2 N–H and O–H groups in total. The number of benzene rings is 3. The average molecular weight is 671 g/mol. The predicted octanol–water partition coefficient (Wildman–Crippen LogP) is 6.16. The summed E-state index contributed by atoms with van der Waals surface area (Å²) in [5.74, 6) is -2.11. The van der Waals surface area contributed by atoms with Crippen LogP contribution in [-0.4, -0.2) is 60.7 Å². The zero-order chi connectivity index (χ0) is 35.7. The molecule has 49 heavy (non-hydrogen) atoms. The van der Waals surface area contributed by atoms with Crippen LogP contribution < -0.4 is 10.1 Å². The van der Waals surface area contributed by atoms with E-state index >= 15 is 0 Å². The summed E-state index contributed by atoms with van der Waals surface area (Å²) in [6.45, 7) is 3.84. The van der Waals surface area contributed by atoms with Crippen LogP contribution in [0, 0.1) is 5.82 Å². The lowest BCUT2D eigenvalue weighted by atomic mass is 9.94. The Hall–Kier alpha value is -5.55. The number of rotatable bonds is 14. The Bertz CT molecular complexity index is 1850. The highest BCUT2D eigenvalue weighted by atomic mass is 19.1. The Labute approximate surface area is 284 Å². The van der Waals surface area contributed by atoms with Crippen LogP contribution in [0.1, 0.15) is 64.8 Å². The number of aliphatic hydroxyl groups excluding tert-OH is 1. The number of nitrogens with one attached hydrogen (secondary N) is 1. The fraction of sp³-hybridized carbons (Fsp3) is 0.263. The molecule has 0 aliphatic rings. The van der Waals surface area contributed by atoms with Crippen molar-refractivity contribution in [2.24, 2.45) is 0 Å². The standard InChI is InChI=1S/C38H39FN2O8/c1-23(2)41-31(18-17-29(42)20-30(43)21-33(44)48-4)34(25-13-15-28(39)16-14-25)35(24-9-7-6-8-10-24)36(41)37(45)40-22-27-12-11-26(38(46)49-5)19-32(27)47-3/h6-19,23,30,43H,20-22H2,1-5H3,(H,40,45)/t30-/m1/s1. The van der Waals surface area contributed by atoms with E-state index in [4.69, 9.17) is 9.47 Å². The lowest BCUT2D eigenvalue weighted by Crippen LogP contribution is -2.27. The molecule has 0 saturated carbocycles. The van der Waals surface area contributed by atoms with E-state index in [9.17, 15) is 28.7 Å². The Morgan fingerprint density at radius 2 is 1.55 bits per heavy atom. The van der Waals surface area contributed by atoms with Crippen molar-refractivity contribution in [3.63, 3.8) is 0 Å². The molecule has 4 aromatic rings. The third-order valence-electron chi connectivity index (χ3n) is 7.81. The zero-order valence-corrected chi connectivity index (χ0v) is 28.0. The molecule has 0 unspecified atom stereocenters. The zero-order valence-electron chi connectivity index (χ0n) is 28.0. The number of carbonyl (C=O) groups excluding carboxylic acids is 4. The highest BCUT2D eigenvalue weighted by Crippen LogP contribution is 2.42. The second-order valence-corrected chi connectivity index (χ2v) is 11.5. The molecule has 256 valence electrons. The summed E-state index contributed by atoms with van der Waals surface area (Å²) in [7, 11) is 3.94. The normalized spacial score (nSPS) is 11.8. The van der Waals surface area contributed by atoms with Crippen LogP contribution in [0.5, 0.6) is 5.75 Å². The Balaban J connectivity index is 1.87. The number of hydrogen-bond donors (Lipinski definition) is 2. The van der Waals surface area contributed by atoms with Crippen LogP contribution in [0.15, 0.2) is 78.9 Å². The number of aromatic nitrogens is 1. The minimum atomic E-state index is -1.24. The van der Waals surface area contributed by atoms with Gasteiger partial charge in [-0.3, -0.25) is 14.4 Å². The minimum Gasteiger partial charge on any atom is -0.496 e. The number of allylic oxidation sites excluding steroid dienone is 1. The van der Waals surface area contributed by atoms with E-state index in [2.05, 4.69) is 10.1 Å². The quantitative estimate of drug-likeness (QED) is 0.120. The molecule has 3 aromatic carbocycles. The van der Waals surface area contributed by atoms with E-state index in [1.165, 1.54) is 45.6 Å². The van der Waals surface area contributed by atoms with Crippen LogP contribution in [-0.2, 0) is 25.6 Å². The van der Waals surface area contributed by atoms with Gasteiger partial charge in [-0.1, -0.05) is 48.5 Å². The number of aliphatic hydroxyl groups is 1. The minimum absolute atomic E-state index is 0.0502. The summed E-state index contributed by atoms with van der Waals surface area (Å²) in [5, 5.41) is 13.2. The average Bonchev–Trinajstić information content (AvgIpc) is 3.45. The molecule has 10 nitrogen and oxygen atoms in total. The van der Waals surface area contributed by atoms with Gasteiger partial charge in [-0.15, -0.1) is 0 Å². The van der Waals surface area contributed by atoms with Crippen LogP contribution in [0.3, 0.4) is 0 Å². The molecule has 0 fully saturated rings. The summed E-state index contributed by atoms with van der Waals surface area (Å²) in [6, 6.07) is 19.6. The number of esters is 2. The monoisotopic (exact) mass is 670 g/mol. The van der Waals surface area contributed by atoms with Gasteiger partial charge in [-0.05, 0) is 61.4 Å². The fourth-order valence-corrected chi connectivity index (χ4v) is 5.54. The van der Waals surface area contributed by atoms with Crippen molar-refractivity contribution in [1.29, 1.82) is 0 Å². The maximum Gasteiger partial charge on any atom is 0.337 e. The number of hydrogen-bond acceptors (Lipinski definition) is 8. The summed E-state index contributed by atoms with van der Waals surface area (Å²) < 4.78 is 30.8. The molecule has 1 heterocycles. The summed E-state index contributed by atoms with van der Waals surface area (Å²) in [5.41, 5.74) is 4.16. The number of halogens is 1. The van der Waals surface area contributed by atoms with E-state index in [1.807, 2.05) is 48.7 Å². The highest BCUT2D eigenvalue weighted by Gasteiger charge is 2.29. The SMILES string of the molecule is COC(=O)C[C@H](O)CC(=O)C=Cc1c(-c2ccc(F)cc2)c(-c2ccccc2)c(C(=O)NCc2ccc(C(=O)OC)cc2OC)n1C(C)C. The number of carbonyl (C=O) groups is 4. The molecule has 1 aromatic heterocycles. The second kappa shape index (κ2) is 16.5. The third kappa shape index (κ3) is 8.68. The number of ether oxygens (including phenoxy) is 3. The summed E-state index contributed by atoms with van der Waals surface area (Å²) >= 11 is 0. The van der Waals surface area contributed by atoms with E-state index < -0.39 is 35.6 Å². The first-order valence-electron chi connectivity index (χ1n) is 15.6. The molecule has 0 bridgehead atoms. The van der Waals surface area contributed by atoms with Gasteiger partial charge >= 0.3 is 11.9 Å². The van der Waals surface area contributed by atoms with E-state index in [-0.39, 0.29) is 25.4 Å². The summed E-state index contributed by atoms with van der Waals surface area (Å²) in [4.78, 5) is 51.0. The Morgan fingerprint density at radius 3 is 2.16 bits per heavy atom. The first-order valence-corrected chi connectivity index (χ1v) is 15.6. The highest BCUT2D eigenvalue weighted by molar-refractivity contribution is 6.07. The van der Waals surface area contributed by atoms with Gasteiger partial charge in [0.1, 0.15) is 17.3 Å². The number of nitrogens with zero attached hydrogens (tertiary/aromatic N) is 1. The van der Waals surface area contributed by atoms with Crippen molar-refractivity contribution < 1.29 is 42.9 Å². The smallest absolute Gasteiger partial charge is 0.337 e. The van der Waals surface area contributed by atoms with Gasteiger partial charge in [0, 0.05) is 35.7 Å². The number of methoxy groups -OCH3 is 3. The molecule has 0 saturated heterocycles. The van der Waals surface area contributed by atoms with Crippen molar-refractivity contribution in [3.05, 3.63) is 107 Å². The molecule has 0 aliphatic carbocycles. The van der Waals surface area contributed by atoms with Crippen molar-refractivity contribution in [3.8, 4) is 28.0 Å². The van der Waals surface area contributed by atoms with E-state index in [0.717, 1.165) is 0 Å². The number of amides is 1. The molecule has 1 amide bonds. The molecular weight excluding hydrogens is 631 g/mol. The summed E-state index contributed by atoms with van der Waals surface area (Å²) in [6.07, 6.45) is 0.973. The molecule has 0 radical (unpaired) electrons. The third-order valence-corrected chi connectivity index (χ3v) is 7.81. The largest absolute Gasteiger partial charge is 0.496 e. The molecule has 1 atom stereocenters. The Morgan fingerprint density at radius 1 is 0.878 bits per heavy atom. The van der Waals surface area contributed by atoms with Crippen molar-refractivity contribution in [2.45, 2.75) is 45.4 Å². The Kier molecular flexibility index (Phi) is 12.2. The topological polar surface area (TPSA) is 133 Å². The molecule has 11 heteroatoms. The van der Waals surface area contributed by atoms with Gasteiger partial charge in [-0.25, -0.2) is 9.18 Å². The van der Waals surface area contributed by atoms with Gasteiger partial charge in [-0.2, -0.15) is 0 Å². The predicted molar refractivity (Wildman–Crippen MR) is 182 cm³/mol. The van der Waals surface area contributed by atoms with Crippen molar-refractivity contribution >= 4 is 29.7 Å². The van der Waals surface area contributed by atoms with Gasteiger partial charge < -0.3 is 29.2 Å². The molecule has 0 aliphatic heterocycles. The van der Waals surface area contributed by atoms with E-state index in [0.29, 0.717) is 50.5 Å². The fourth-order valence-electron chi connectivity index (χ4n) is 5.54. The molecule has 0 spiro atoms. The van der Waals surface area contributed by atoms with Crippen LogP contribution >= 0.6 is 0 Å². The van der Waals surface area contributed by atoms with Crippen molar-refractivity contribution in [1.82, 2.24) is 9.88 Å². The lowest BCUT2D eigenvalue weighted by molar-refractivity contribution is -0.143. The maximum atomic E-state index is 14.3. The number of ketones is 1. The van der Waals surface area contributed by atoms with Crippen LogP contribution in [0.2, 0.25) is 0 Å². The van der Waals surface area contributed by atoms with E-state index in [1.54, 1.807) is 30.3 Å². The first-order chi connectivity index (χ1) is 23.5. The van der Waals surface area contributed by atoms with Gasteiger partial charge in [0.05, 0.1) is 45.1 Å². The van der Waals surface area contributed by atoms with Crippen LogP contribution in [0.4, 0.5) is 4.39 Å². The lowest BCUT2D eigenvalue weighted by Gasteiger charge is -2.17. The van der Waals surface area contributed by atoms with Gasteiger partial charge in [0.25, 0.3) is 5.91 Å².